The lowest BCUT2D eigenvalue weighted by Crippen LogP contribution is -2.33. The second kappa shape index (κ2) is 7.67. The van der Waals surface area contributed by atoms with Gasteiger partial charge < -0.3 is 19.5 Å². The van der Waals surface area contributed by atoms with Gasteiger partial charge in [0, 0.05) is 25.3 Å². The van der Waals surface area contributed by atoms with Gasteiger partial charge in [0.25, 0.3) is 5.91 Å². The molecule has 0 unspecified atom stereocenters. The fourth-order valence-corrected chi connectivity index (χ4v) is 2.21. The summed E-state index contributed by atoms with van der Waals surface area (Å²) in [4.78, 5) is 14.3. The van der Waals surface area contributed by atoms with Crippen molar-refractivity contribution in [3.05, 3.63) is 29.3 Å². The van der Waals surface area contributed by atoms with E-state index in [1.807, 2.05) is 0 Å². The number of hydrogen-bond donors (Lipinski definition) is 1. The molecule has 1 aromatic rings. The van der Waals surface area contributed by atoms with Gasteiger partial charge in [0.1, 0.15) is 12.4 Å². The first-order chi connectivity index (χ1) is 10.3. The number of carbonyl (C=O) groups excluding carboxylic acids is 1. The first kappa shape index (κ1) is 15.4. The number of amides is 1. The zero-order valence-electron chi connectivity index (χ0n) is 12.1. The highest BCUT2D eigenvalue weighted by molar-refractivity contribution is 5.95. The fourth-order valence-electron chi connectivity index (χ4n) is 2.21. The minimum absolute atomic E-state index is 0.0322. The molecule has 21 heavy (non-hydrogen) atoms. The molecule has 0 aliphatic carbocycles. The van der Waals surface area contributed by atoms with E-state index in [4.69, 9.17) is 14.6 Å². The molecule has 0 atom stereocenters. The average Bonchev–Trinajstić information content (AvgIpc) is 2.81. The Labute approximate surface area is 124 Å². The average molecular weight is 289 g/mol. The van der Waals surface area contributed by atoms with Crippen LogP contribution in [0.25, 0.3) is 0 Å². The smallest absolute Gasteiger partial charge is 0.253 e. The lowest BCUT2D eigenvalue weighted by molar-refractivity contribution is 0.0741. The number of rotatable bonds is 2. The summed E-state index contributed by atoms with van der Waals surface area (Å²) in [6, 6.07) is 5.16. The molecule has 112 valence electrons. The Morgan fingerprint density at radius 1 is 1.43 bits per heavy atom. The Morgan fingerprint density at radius 2 is 2.29 bits per heavy atom. The van der Waals surface area contributed by atoms with Gasteiger partial charge in [-0.1, -0.05) is 11.8 Å². The van der Waals surface area contributed by atoms with Crippen LogP contribution in [0.5, 0.6) is 5.75 Å². The van der Waals surface area contributed by atoms with Crippen LogP contribution >= 0.6 is 0 Å². The number of aliphatic hydroxyl groups is 1. The molecule has 1 aliphatic heterocycles. The number of hydrogen-bond acceptors (Lipinski definition) is 4. The van der Waals surface area contributed by atoms with Crippen molar-refractivity contribution in [1.29, 1.82) is 0 Å². The summed E-state index contributed by atoms with van der Waals surface area (Å²) in [5, 5.41) is 8.80. The van der Waals surface area contributed by atoms with Crippen molar-refractivity contribution < 1.29 is 19.4 Å². The highest BCUT2D eigenvalue weighted by atomic mass is 16.5. The van der Waals surface area contributed by atoms with Crippen LogP contribution in [0.15, 0.2) is 18.2 Å². The predicted octanol–water partition coefficient (Wildman–Crippen LogP) is 0.901. The van der Waals surface area contributed by atoms with Gasteiger partial charge in [0.05, 0.1) is 19.3 Å². The molecular weight excluding hydrogens is 270 g/mol. The van der Waals surface area contributed by atoms with E-state index in [0.717, 1.165) is 6.42 Å². The van der Waals surface area contributed by atoms with E-state index in [1.54, 1.807) is 30.2 Å². The molecule has 0 bridgehead atoms. The van der Waals surface area contributed by atoms with Gasteiger partial charge in [-0.15, -0.1) is 0 Å². The largest absolute Gasteiger partial charge is 0.495 e. The van der Waals surface area contributed by atoms with Crippen molar-refractivity contribution in [3.8, 4) is 17.6 Å². The normalized spacial score (nSPS) is 14.9. The van der Waals surface area contributed by atoms with Crippen molar-refractivity contribution >= 4 is 5.91 Å². The van der Waals surface area contributed by atoms with Crippen molar-refractivity contribution in [2.24, 2.45) is 0 Å². The number of aliphatic hydroxyl groups excluding tert-OH is 1. The number of nitrogens with zero attached hydrogens (tertiary/aromatic N) is 1. The first-order valence-corrected chi connectivity index (χ1v) is 6.91. The summed E-state index contributed by atoms with van der Waals surface area (Å²) in [6.45, 7) is 2.33. The summed E-state index contributed by atoms with van der Waals surface area (Å²) < 4.78 is 10.6. The van der Waals surface area contributed by atoms with Crippen LogP contribution in [-0.2, 0) is 4.74 Å². The standard InChI is InChI=1S/C16H19NO4/c1-20-15-6-5-14(12-13(15)4-2-9-18)16(19)17-7-3-10-21-11-8-17/h5-6,12,18H,3,7-11H2,1H3. The molecule has 0 radical (unpaired) electrons. The molecular formula is C16H19NO4. The summed E-state index contributed by atoms with van der Waals surface area (Å²) in [6.07, 6.45) is 0.846. The monoisotopic (exact) mass is 289 g/mol. The number of benzene rings is 1. The Kier molecular flexibility index (Phi) is 5.61. The van der Waals surface area contributed by atoms with Gasteiger partial charge in [-0.25, -0.2) is 0 Å². The van der Waals surface area contributed by atoms with E-state index in [1.165, 1.54) is 0 Å². The lowest BCUT2D eigenvalue weighted by atomic mass is 10.1. The quantitative estimate of drug-likeness (QED) is 0.822. The maximum absolute atomic E-state index is 12.5. The molecule has 1 N–H and O–H groups in total. The number of carbonyl (C=O) groups is 1. The molecule has 0 aromatic heterocycles. The Morgan fingerprint density at radius 3 is 3.05 bits per heavy atom. The van der Waals surface area contributed by atoms with Crippen molar-refractivity contribution in [1.82, 2.24) is 4.90 Å². The van der Waals surface area contributed by atoms with Crippen LogP contribution in [0.2, 0.25) is 0 Å². The van der Waals surface area contributed by atoms with E-state index in [9.17, 15) is 4.79 Å². The van der Waals surface area contributed by atoms with E-state index in [0.29, 0.717) is 43.2 Å². The van der Waals surface area contributed by atoms with Crippen LogP contribution in [0.1, 0.15) is 22.3 Å². The summed E-state index contributed by atoms with van der Waals surface area (Å²) >= 11 is 0. The number of methoxy groups -OCH3 is 1. The van der Waals surface area contributed by atoms with Crippen LogP contribution in [0, 0.1) is 11.8 Å². The van der Waals surface area contributed by atoms with E-state index in [2.05, 4.69) is 11.8 Å². The van der Waals surface area contributed by atoms with Crippen LogP contribution < -0.4 is 4.74 Å². The predicted molar refractivity (Wildman–Crippen MR) is 78.3 cm³/mol. The van der Waals surface area contributed by atoms with E-state index < -0.39 is 0 Å². The Hall–Kier alpha value is -2.03. The Balaban J connectivity index is 2.24. The van der Waals surface area contributed by atoms with Gasteiger partial charge >= 0.3 is 0 Å². The van der Waals surface area contributed by atoms with Gasteiger partial charge in [0.2, 0.25) is 0 Å². The molecule has 1 saturated heterocycles. The van der Waals surface area contributed by atoms with E-state index in [-0.39, 0.29) is 12.5 Å². The molecule has 5 heteroatoms. The molecule has 1 amide bonds. The zero-order chi connectivity index (χ0) is 15.1. The van der Waals surface area contributed by atoms with Crippen LogP contribution in [0.3, 0.4) is 0 Å². The molecule has 0 saturated carbocycles. The first-order valence-electron chi connectivity index (χ1n) is 6.91. The third-order valence-electron chi connectivity index (χ3n) is 3.26. The van der Waals surface area contributed by atoms with Crippen molar-refractivity contribution in [2.45, 2.75) is 6.42 Å². The van der Waals surface area contributed by atoms with Gasteiger partial charge in [-0.05, 0) is 24.6 Å². The number of ether oxygens (including phenoxy) is 2. The fraction of sp³-hybridized carbons (Fsp3) is 0.438. The Bertz CT molecular complexity index is 551. The summed E-state index contributed by atoms with van der Waals surface area (Å²) in [7, 11) is 1.55. The SMILES string of the molecule is COc1ccc(C(=O)N2CCCOCC2)cc1C#CCO. The molecule has 5 nitrogen and oxygen atoms in total. The van der Waals surface area contributed by atoms with Gasteiger partial charge in [-0.3, -0.25) is 4.79 Å². The molecule has 1 heterocycles. The van der Waals surface area contributed by atoms with Crippen LogP contribution in [-0.4, -0.2) is 55.9 Å². The minimum atomic E-state index is -0.231. The molecule has 1 fully saturated rings. The second-order valence-corrected chi connectivity index (χ2v) is 4.63. The summed E-state index contributed by atoms with van der Waals surface area (Å²) in [5.41, 5.74) is 1.17. The lowest BCUT2D eigenvalue weighted by Gasteiger charge is -2.20. The maximum atomic E-state index is 12.5. The van der Waals surface area contributed by atoms with Gasteiger partial charge in [0.15, 0.2) is 0 Å². The third-order valence-corrected chi connectivity index (χ3v) is 3.26. The maximum Gasteiger partial charge on any atom is 0.253 e. The van der Waals surface area contributed by atoms with Gasteiger partial charge in [-0.2, -0.15) is 0 Å². The van der Waals surface area contributed by atoms with Crippen LogP contribution in [0.4, 0.5) is 0 Å². The molecule has 1 aliphatic rings. The molecule has 2 rings (SSSR count). The highest BCUT2D eigenvalue weighted by Gasteiger charge is 2.18. The van der Waals surface area contributed by atoms with E-state index >= 15 is 0 Å². The highest BCUT2D eigenvalue weighted by Crippen LogP contribution is 2.20. The van der Waals surface area contributed by atoms with Crippen molar-refractivity contribution in [2.75, 3.05) is 40.0 Å². The zero-order valence-corrected chi connectivity index (χ0v) is 12.1. The van der Waals surface area contributed by atoms with Crippen molar-refractivity contribution in [3.63, 3.8) is 0 Å². The third kappa shape index (κ3) is 3.97. The topological polar surface area (TPSA) is 59.0 Å². The molecule has 0 spiro atoms. The molecule has 1 aromatic carbocycles. The second-order valence-electron chi connectivity index (χ2n) is 4.63. The summed E-state index contributed by atoms with van der Waals surface area (Å²) in [5.74, 6) is 5.94. The minimum Gasteiger partial charge on any atom is -0.495 e.